The summed E-state index contributed by atoms with van der Waals surface area (Å²) in [6, 6.07) is 0. The Bertz CT molecular complexity index is 1500. The number of esters is 1. The van der Waals surface area contributed by atoms with E-state index in [9.17, 15) is 40.5 Å². The monoisotopic (exact) mass is 1050 g/mol. The molecular weight excluding hydrogens is 945 g/mol. The summed E-state index contributed by atoms with van der Waals surface area (Å²) in [7, 11) is 0. The van der Waals surface area contributed by atoms with Gasteiger partial charge in [-0.05, 0) is 64.2 Å². The summed E-state index contributed by atoms with van der Waals surface area (Å²) in [5, 5.41) is 72.3. The standard InChI is InChI=1S/C60H104O14/c1-3-5-7-9-11-13-15-17-19-20-21-22-23-24-25-26-27-28-29-31-33-35-37-39-41-43-52(62)72-49(46-69-44-42-40-38-36-34-32-30-18-16-14-12-10-8-6-4-2)47-70-59-58(68)56(66)54(64)51(74-59)48-71-60-57(67)55(65)53(63)50(45-61)73-60/h5,7,11,13,17,19,21-22,24-25,27-28,49-51,53-61,63-68H,3-4,6,8-10,12,14-16,18,20,23,26,29-48H2,1-2H3/b7-5-,13-11-,19-17-,22-21-,25-24-,28-27-. The fraction of sp³-hybridized carbons (Fsp3) is 0.783. The lowest BCUT2D eigenvalue weighted by molar-refractivity contribution is -0.332. The minimum absolute atomic E-state index is 0.0543. The Morgan fingerprint density at radius 2 is 0.878 bits per heavy atom. The maximum atomic E-state index is 13.1. The normalized spacial score (nSPS) is 25.3. The van der Waals surface area contributed by atoms with Crippen molar-refractivity contribution >= 4 is 5.97 Å². The van der Waals surface area contributed by atoms with Crippen LogP contribution in [0.4, 0.5) is 0 Å². The molecule has 428 valence electrons. The van der Waals surface area contributed by atoms with E-state index in [-0.39, 0.29) is 19.6 Å². The van der Waals surface area contributed by atoms with Crippen LogP contribution in [-0.4, -0.2) is 142 Å². The lowest BCUT2D eigenvalue weighted by Gasteiger charge is -2.42. The highest BCUT2D eigenvalue weighted by Crippen LogP contribution is 2.26. The minimum atomic E-state index is -1.71. The Balaban J connectivity index is 1.72. The molecule has 0 amide bonds. The van der Waals surface area contributed by atoms with Crippen molar-refractivity contribution in [1.82, 2.24) is 0 Å². The molecular formula is C60H104O14. The van der Waals surface area contributed by atoms with Crippen LogP contribution in [0.1, 0.15) is 200 Å². The molecule has 0 saturated carbocycles. The number of unbranched alkanes of at least 4 members (excludes halogenated alkanes) is 20. The van der Waals surface area contributed by atoms with Gasteiger partial charge in [0.2, 0.25) is 0 Å². The maximum Gasteiger partial charge on any atom is 0.306 e. The summed E-state index contributed by atoms with van der Waals surface area (Å²) in [6.45, 7) is 3.57. The zero-order valence-electron chi connectivity index (χ0n) is 45.8. The van der Waals surface area contributed by atoms with Crippen molar-refractivity contribution in [3.05, 3.63) is 72.9 Å². The number of hydrogen-bond donors (Lipinski definition) is 7. The largest absolute Gasteiger partial charge is 0.457 e. The highest BCUT2D eigenvalue weighted by molar-refractivity contribution is 5.69. The van der Waals surface area contributed by atoms with Gasteiger partial charge >= 0.3 is 5.97 Å². The van der Waals surface area contributed by atoms with Crippen molar-refractivity contribution in [2.24, 2.45) is 0 Å². The van der Waals surface area contributed by atoms with Gasteiger partial charge in [0.25, 0.3) is 0 Å². The van der Waals surface area contributed by atoms with E-state index < -0.39 is 86.7 Å². The minimum Gasteiger partial charge on any atom is -0.457 e. The van der Waals surface area contributed by atoms with Gasteiger partial charge in [0, 0.05) is 13.0 Å². The van der Waals surface area contributed by atoms with Crippen LogP contribution in [0.2, 0.25) is 0 Å². The first-order valence-corrected chi connectivity index (χ1v) is 29.0. The molecule has 0 spiro atoms. The second-order valence-electron chi connectivity index (χ2n) is 20.1. The summed E-state index contributed by atoms with van der Waals surface area (Å²) < 4.78 is 34.4. The van der Waals surface area contributed by atoms with Crippen LogP contribution in [0.25, 0.3) is 0 Å². The molecule has 0 aliphatic carbocycles. The van der Waals surface area contributed by atoms with Gasteiger partial charge in [0.1, 0.15) is 54.9 Å². The van der Waals surface area contributed by atoms with Crippen LogP contribution < -0.4 is 0 Å². The summed E-state index contributed by atoms with van der Waals surface area (Å²) in [5.41, 5.74) is 0. The van der Waals surface area contributed by atoms with Crippen LogP contribution in [0.15, 0.2) is 72.9 Å². The predicted octanol–water partition coefficient (Wildman–Crippen LogP) is 10.2. The van der Waals surface area contributed by atoms with Crippen LogP contribution in [-0.2, 0) is 33.2 Å². The van der Waals surface area contributed by atoms with Crippen molar-refractivity contribution in [1.29, 1.82) is 0 Å². The molecule has 11 atom stereocenters. The Morgan fingerprint density at radius 3 is 1.38 bits per heavy atom. The second-order valence-corrected chi connectivity index (χ2v) is 20.1. The lowest BCUT2D eigenvalue weighted by Crippen LogP contribution is -2.61. The van der Waals surface area contributed by atoms with Gasteiger partial charge in [-0.1, -0.05) is 202 Å². The fourth-order valence-electron chi connectivity index (χ4n) is 8.82. The number of rotatable bonds is 46. The van der Waals surface area contributed by atoms with E-state index in [1.54, 1.807) is 0 Å². The quantitative estimate of drug-likeness (QED) is 0.0172. The first kappa shape index (κ1) is 67.5. The zero-order chi connectivity index (χ0) is 53.7. The third kappa shape index (κ3) is 32.9. The molecule has 0 aromatic heterocycles. The SMILES string of the molecule is CC/C=C\C/C=C\C/C=C\C/C=C\C/C=C\C/C=C\CCCCCCCCC(=O)OC(COCCCCCCCCCCCCCCCCC)COC1OC(COC2OC(CO)C(O)C(O)C2O)C(O)C(O)C1O. The Morgan fingerprint density at radius 1 is 0.459 bits per heavy atom. The molecule has 2 heterocycles. The molecule has 0 radical (unpaired) electrons. The van der Waals surface area contributed by atoms with Crippen LogP contribution in [0, 0.1) is 0 Å². The molecule has 0 aromatic carbocycles. The second kappa shape index (κ2) is 46.5. The molecule has 7 N–H and O–H groups in total. The smallest absolute Gasteiger partial charge is 0.306 e. The molecule has 2 fully saturated rings. The third-order valence-electron chi connectivity index (χ3n) is 13.5. The first-order chi connectivity index (χ1) is 36.1. The van der Waals surface area contributed by atoms with Gasteiger partial charge < -0.3 is 64.2 Å². The molecule has 0 aromatic rings. The molecule has 2 aliphatic rings. The van der Waals surface area contributed by atoms with Crippen molar-refractivity contribution in [3.8, 4) is 0 Å². The lowest BCUT2D eigenvalue weighted by atomic mass is 9.98. The molecule has 14 nitrogen and oxygen atoms in total. The number of aliphatic hydroxyl groups excluding tert-OH is 7. The van der Waals surface area contributed by atoms with Crippen LogP contribution in [0.5, 0.6) is 0 Å². The Hall–Kier alpha value is -2.57. The number of hydrogen-bond acceptors (Lipinski definition) is 14. The number of ether oxygens (including phenoxy) is 6. The van der Waals surface area contributed by atoms with E-state index in [2.05, 4.69) is 86.8 Å². The number of carbonyl (C=O) groups excluding carboxylic acids is 1. The molecule has 2 saturated heterocycles. The summed E-state index contributed by atoms with van der Waals surface area (Å²) in [5.74, 6) is -0.391. The van der Waals surface area contributed by atoms with E-state index in [1.165, 1.54) is 77.0 Å². The molecule has 2 aliphatic heterocycles. The molecule has 14 heteroatoms. The van der Waals surface area contributed by atoms with E-state index in [4.69, 9.17) is 28.4 Å². The maximum absolute atomic E-state index is 13.1. The fourth-order valence-corrected chi connectivity index (χ4v) is 8.82. The van der Waals surface area contributed by atoms with E-state index in [0.717, 1.165) is 96.3 Å². The van der Waals surface area contributed by atoms with E-state index in [1.807, 2.05) is 0 Å². The van der Waals surface area contributed by atoms with Crippen molar-refractivity contribution in [3.63, 3.8) is 0 Å². The summed E-state index contributed by atoms with van der Waals surface area (Å²) in [4.78, 5) is 13.1. The van der Waals surface area contributed by atoms with Gasteiger partial charge in [0.15, 0.2) is 12.6 Å². The molecule has 0 bridgehead atoms. The number of allylic oxidation sites excluding steroid dienone is 12. The van der Waals surface area contributed by atoms with Crippen molar-refractivity contribution in [2.45, 2.75) is 268 Å². The van der Waals surface area contributed by atoms with Crippen LogP contribution in [0.3, 0.4) is 0 Å². The average Bonchev–Trinajstić information content (AvgIpc) is 3.40. The van der Waals surface area contributed by atoms with Crippen molar-refractivity contribution < 1.29 is 69.0 Å². The summed E-state index contributed by atoms with van der Waals surface area (Å²) in [6.07, 6.45) is 42.4. The highest BCUT2D eigenvalue weighted by Gasteiger charge is 2.47. The summed E-state index contributed by atoms with van der Waals surface area (Å²) >= 11 is 0. The van der Waals surface area contributed by atoms with Gasteiger partial charge in [0.05, 0.1) is 26.4 Å². The number of carbonyl (C=O) groups is 1. The van der Waals surface area contributed by atoms with E-state index in [0.29, 0.717) is 13.0 Å². The van der Waals surface area contributed by atoms with Gasteiger partial charge in [-0.15, -0.1) is 0 Å². The Kier molecular flexibility index (Phi) is 42.5. The number of aliphatic hydroxyl groups is 7. The van der Waals surface area contributed by atoms with Gasteiger partial charge in [-0.25, -0.2) is 0 Å². The first-order valence-electron chi connectivity index (χ1n) is 29.0. The van der Waals surface area contributed by atoms with Gasteiger partial charge in [-0.2, -0.15) is 0 Å². The molecule has 11 unspecified atom stereocenters. The molecule has 2 rings (SSSR count). The third-order valence-corrected chi connectivity index (χ3v) is 13.5. The highest BCUT2D eigenvalue weighted by atomic mass is 16.7. The topological polar surface area (TPSA) is 214 Å². The zero-order valence-corrected chi connectivity index (χ0v) is 45.8. The Labute approximate surface area is 447 Å². The predicted molar refractivity (Wildman–Crippen MR) is 293 cm³/mol. The average molecular weight is 1050 g/mol. The van der Waals surface area contributed by atoms with Gasteiger partial charge in [-0.3, -0.25) is 4.79 Å². The van der Waals surface area contributed by atoms with E-state index >= 15 is 0 Å². The van der Waals surface area contributed by atoms with Crippen molar-refractivity contribution in [2.75, 3.05) is 33.0 Å². The van der Waals surface area contributed by atoms with Crippen LogP contribution >= 0.6 is 0 Å². The molecule has 74 heavy (non-hydrogen) atoms.